The molecular formula is C17H22N4O. The quantitative estimate of drug-likeness (QED) is 0.888. The first kappa shape index (κ1) is 14.8. The summed E-state index contributed by atoms with van der Waals surface area (Å²) in [5.41, 5.74) is 1.07. The molecule has 1 N–H and O–H groups in total. The summed E-state index contributed by atoms with van der Waals surface area (Å²) in [6, 6.07) is 9.95. The van der Waals surface area contributed by atoms with Gasteiger partial charge in [-0.15, -0.1) is 10.2 Å². The molecule has 0 aliphatic carbocycles. The average molecular weight is 298 g/mol. The van der Waals surface area contributed by atoms with E-state index in [4.69, 9.17) is 0 Å². The number of aryl methyl sites for hydroxylation is 1. The Labute approximate surface area is 130 Å². The van der Waals surface area contributed by atoms with Crippen LogP contribution in [0.4, 0.5) is 0 Å². The SMILES string of the molecule is CCC(C(=O)NCCc1nnc2n1CCC2)c1ccccc1. The van der Waals surface area contributed by atoms with Gasteiger partial charge in [0.25, 0.3) is 0 Å². The smallest absolute Gasteiger partial charge is 0.227 e. The van der Waals surface area contributed by atoms with Gasteiger partial charge in [0.15, 0.2) is 0 Å². The van der Waals surface area contributed by atoms with Crippen LogP contribution in [-0.4, -0.2) is 27.2 Å². The molecule has 2 aromatic rings. The number of hydrogen-bond donors (Lipinski definition) is 1. The van der Waals surface area contributed by atoms with E-state index in [0.717, 1.165) is 49.4 Å². The van der Waals surface area contributed by atoms with Crippen molar-refractivity contribution in [3.8, 4) is 0 Å². The fraction of sp³-hybridized carbons (Fsp3) is 0.471. The second kappa shape index (κ2) is 6.73. The second-order valence-corrected chi connectivity index (χ2v) is 5.70. The summed E-state index contributed by atoms with van der Waals surface area (Å²) in [6.07, 6.45) is 3.71. The van der Waals surface area contributed by atoms with Crippen LogP contribution < -0.4 is 5.32 Å². The summed E-state index contributed by atoms with van der Waals surface area (Å²) in [5, 5.41) is 11.5. The highest BCUT2D eigenvalue weighted by atomic mass is 16.1. The minimum Gasteiger partial charge on any atom is -0.355 e. The molecule has 2 heterocycles. The second-order valence-electron chi connectivity index (χ2n) is 5.70. The number of benzene rings is 1. The number of hydrogen-bond acceptors (Lipinski definition) is 3. The maximum absolute atomic E-state index is 12.4. The Kier molecular flexibility index (Phi) is 4.51. The molecule has 1 aromatic carbocycles. The number of aromatic nitrogens is 3. The molecule has 1 unspecified atom stereocenters. The zero-order valence-electron chi connectivity index (χ0n) is 13.0. The van der Waals surface area contributed by atoms with E-state index in [9.17, 15) is 4.79 Å². The minimum atomic E-state index is -0.0784. The Morgan fingerprint density at radius 1 is 1.32 bits per heavy atom. The van der Waals surface area contributed by atoms with E-state index < -0.39 is 0 Å². The molecule has 0 bridgehead atoms. The zero-order valence-corrected chi connectivity index (χ0v) is 13.0. The fourth-order valence-corrected chi connectivity index (χ4v) is 3.07. The Hall–Kier alpha value is -2.17. The van der Waals surface area contributed by atoms with Crippen LogP contribution >= 0.6 is 0 Å². The van der Waals surface area contributed by atoms with Crippen LogP contribution in [0.25, 0.3) is 0 Å². The number of carbonyl (C=O) groups excluding carboxylic acids is 1. The van der Waals surface area contributed by atoms with Crippen LogP contribution in [0.5, 0.6) is 0 Å². The van der Waals surface area contributed by atoms with Crippen LogP contribution in [0, 0.1) is 0 Å². The minimum absolute atomic E-state index is 0.0784. The lowest BCUT2D eigenvalue weighted by Crippen LogP contribution is -2.31. The molecule has 0 fully saturated rings. The van der Waals surface area contributed by atoms with Gasteiger partial charge >= 0.3 is 0 Å². The van der Waals surface area contributed by atoms with E-state index in [0.29, 0.717) is 6.54 Å². The first-order valence-electron chi connectivity index (χ1n) is 8.03. The van der Waals surface area contributed by atoms with Crippen molar-refractivity contribution in [1.82, 2.24) is 20.1 Å². The van der Waals surface area contributed by atoms with Crippen molar-refractivity contribution in [2.45, 2.75) is 45.1 Å². The number of rotatable bonds is 6. The molecule has 0 saturated heterocycles. The summed E-state index contributed by atoms with van der Waals surface area (Å²) in [4.78, 5) is 12.4. The molecule has 1 aliphatic heterocycles. The topological polar surface area (TPSA) is 59.8 Å². The maximum atomic E-state index is 12.4. The Balaban J connectivity index is 1.55. The van der Waals surface area contributed by atoms with Crippen LogP contribution in [0.1, 0.15) is 42.9 Å². The van der Waals surface area contributed by atoms with Crippen molar-refractivity contribution in [2.75, 3.05) is 6.54 Å². The standard InChI is InChI=1S/C17H22N4O/c1-2-14(13-7-4-3-5-8-13)17(22)18-11-10-16-20-19-15-9-6-12-21(15)16/h3-5,7-8,14H,2,6,9-12H2,1H3,(H,18,22). The summed E-state index contributed by atoms with van der Waals surface area (Å²) < 4.78 is 2.18. The molecule has 5 nitrogen and oxygen atoms in total. The molecule has 3 rings (SSSR count). The van der Waals surface area contributed by atoms with E-state index in [1.54, 1.807) is 0 Å². The molecule has 1 amide bonds. The van der Waals surface area contributed by atoms with Gasteiger partial charge in [0, 0.05) is 25.9 Å². The van der Waals surface area contributed by atoms with Crippen LogP contribution in [0.15, 0.2) is 30.3 Å². The van der Waals surface area contributed by atoms with Crippen molar-refractivity contribution >= 4 is 5.91 Å². The normalized spacial score (nSPS) is 14.6. The van der Waals surface area contributed by atoms with Gasteiger partial charge in [-0.1, -0.05) is 37.3 Å². The zero-order chi connectivity index (χ0) is 15.4. The molecule has 0 radical (unpaired) electrons. The van der Waals surface area contributed by atoms with Gasteiger partial charge in [-0.05, 0) is 18.4 Å². The van der Waals surface area contributed by atoms with E-state index in [1.807, 2.05) is 37.3 Å². The van der Waals surface area contributed by atoms with E-state index >= 15 is 0 Å². The van der Waals surface area contributed by atoms with Gasteiger partial charge in [-0.2, -0.15) is 0 Å². The molecule has 1 atom stereocenters. The molecule has 0 spiro atoms. The predicted molar refractivity (Wildman–Crippen MR) is 84.5 cm³/mol. The fourth-order valence-electron chi connectivity index (χ4n) is 3.07. The third kappa shape index (κ3) is 3.03. The maximum Gasteiger partial charge on any atom is 0.227 e. The lowest BCUT2D eigenvalue weighted by Gasteiger charge is -2.15. The van der Waals surface area contributed by atoms with Crippen molar-refractivity contribution in [3.63, 3.8) is 0 Å². The highest BCUT2D eigenvalue weighted by Gasteiger charge is 2.19. The first-order chi connectivity index (χ1) is 10.8. The number of nitrogens with zero attached hydrogens (tertiary/aromatic N) is 3. The van der Waals surface area contributed by atoms with Crippen molar-refractivity contribution in [3.05, 3.63) is 47.5 Å². The van der Waals surface area contributed by atoms with Gasteiger partial charge in [0.05, 0.1) is 5.92 Å². The molecule has 22 heavy (non-hydrogen) atoms. The third-order valence-corrected chi connectivity index (χ3v) is 4.26. The number of amides is 1. The number of fused-ring (bicyclic) bond motifs is 1. The van der Waals surface area contributed by atoms with Gasteiger partial charge in [0.2, 0.25) is 5.91 Å². The Bertz CT molecular complexity index is 635. The number of nitrogens with one attached hydrogen (secondary N) is 1. The van der Waals surface area contributed by atoms with Crippen molar-refractivity contribution in [2.24, 2.45) is 0 Å². The van der Waals surface area contributed by atoms with E-state index in [1.165, 1.54) is 0 Å². The largest absolute Gasteiger partial charge is 0.355 e. The molecule has 5 heteroatoms. The van der Waals surface area contributed by atoms with Gasteiger partial charge in [-0.3, -0.25) is 4.79 Å². The Morgan fingerprint density at radius 2 is 2.14 bits per heavy atom. The van der Waals surface area contributed by atoms with Gasteiger partial charge in [-0.25, -0.2) is 0 Å². The molecule has 1 aliphatic rings. The van der Waals surface area contributed by atoms with Gasteiger partial charge < -0.3 is 9.88 Å². The molecule has 0 saturated carbocycles. The summed E-state index contributed by atoms with van der Waals surface area (Å²) in [6.45, 7) is 3.66. The highest BCUT2D eigenvalue weighted by molar-refractivity contribution is 5.83. The van der Waals surface area contributed by atoms with Gasteiger partial charge in [0.1, 0.15) is 11.6 Å². The third-order valence-electron chi connectivity index (χ3n) is 4.26. The molecular weight excluding hydrogens is 276 g/mol. The van der Waals surface area contributed by atoms with E-state index in [-0.39, 0.29) is 11.8 Å². The van der Waals surface area contributed by atoms with Crippen molar-refractivity contribution in [1.29, 1.82) is 0 Å². The highest BCUT2D eigenvalue weighted by Crippen LogP contribution is 2.19. The van der Waals surface area contributed by atoms with Crippen LogP contribution in [0.2, 0.25) is 0 Å². The summed E-state index contributed by atoms with van der Waals surface area (Å²) in [7, 11) is 0. The lowest BCUT2D eigenvalue weighted by molar-refractivity contribution is -0.122. The summed E-state index contributed by atoms with van der Waals surface area (Å²) >= 11 is 0. The molecule has 116 valence electrons. The van der Waals surface area contributed by atoms with Crippen LogP contribution in [-0.2, 0) is 24.2 Å². The average Bonchev–Trinajstić information content (AvgIpc) is 3.14. The van der Waals surface area contributed by atoms with E-state index in [2.05, 4.69) is 20.1 Å². The lowest BCUT2D eigenvalue weighted by atomic mass is 9.96. The van der Waals surface area contributed by atoms with Crippen LogP contribution in [0.3, 0.4) is 0 Å². The Morgan fingerprint density at radius 3 is 2.91 bits per heavy atom. The van der Waals surface area contributed by atoms with Crippen molar-refractivity contribution < 1.29 is 4.79 Å². The predicted octanol–water partition coefficient (Wildman–Crippen LogP) is 2.08. The molecule has 1 aromatic heterocycles. The summed E-state index contributed by atoms with van der Waals surface area (Å²) in [5.74, 6) is 2.08. The monoisotopic (exact) mass is 298 g/mol. The first-order valence-corrected chi connectivity index (χ1v) is 8.03. The number of carbonyl (C=O) groups is 1.